The number of nitrogens with one attached hydrogen (secondary N) is 1. The van der Waals surface area contributed by atoms with Crippen LogP contribution in [0.25, 0.3) is 0 Å². The lowest BCUT2D eigenvalue weighted by Crippen LogP contribution is -2.58. The Labute approximate surface area is 127 Å². The number of carbonyl (C=O) groups is 1. The van der Waals surface area contributed by atoms with E-state index in [-0.39, 0.29) is 10.6 Å². The molecule has 3 N–H and O–H groups in total. The van der Waals surface area contributed by atoms with Gasteiger partial charge >= 0.3 is 0 Å². The van der Waals surface area contributed by atoms with Crippen molar-refractivity contribution in [2.75, 3.05) is 0 Å². The molecular formula is C15H18F2N2OS. The molecule has 0 bridgehead atoms. The zero-order valence-corrected chi connectivity index (χ0v) is 12.6. The van der Waals surface area contributed by atoms with Gasteiger partial charge in [0.1, 0.15) is 11.6 Å². The van der Waals surface area contributed by atoms with Gasteiger partial charge in [0, 0.05) is 11.6 Å². The summed E-state index contributed by atoms with van der Waals surface area (Å²) in [6.45, 7) is 2.13. The maximum absolute atomic E-state index is 13.2. The number of nitrogens with two attached hydrogens (primary N) is 1. The normalized spacial score (nSPS) is 25.4. The van der Waals surface area contributed by atoms with Crippen molar-refractivity contribution in [3.8, 4) is 0 Å². The third-order valence-corrected chi connectivity index (χ3v) is 4.47. The Morgan fingerprint density at radius 2 is 1.81 bits per heavy atom. The molecule has 0 atom stereocenters. The Morgan fingerprint density at radius 1 is 1.29 bits per heavy atom. The van der Waals surface area contributed by atoms with Gasteiger partial charge in [-0.25, -0.2) is 8.78 Å². The lowest BCUT2D eigenvalue weighted by atomic mass is 9.77. The topological polar surface area (TPSA) is 55.1 Å². The van der Waals surface area contributed by atoms with Crippen LogP contribution in [0.15, 0.2) is 18.2 Å². The van der Waals surface area contributed by atoms with Gasteiger partial charge in [0.2, 0.25) is 0 Å². The maximum Gasteiger partial charge on any atom is 0.252 e. The van der Waals surface area contributed by atoms with Gasteiger partial charge in [-0.05, 0) is 43.7 Å². The first kappa shape index (κ1) is 15.8. The average molecular weight is 312 g/mol. The molecule has 0 radical (unpaired) electrons. The minimum Gasteiger partial charge on any atom is -0.391 e. The van der Waals surface area contributed by atoms with Crippen molar-refractivity contribution in [3.63, 3.8) is 0 Å². The van der Waals surface area contributed by atoms with Gasteiger partial charge < -0.3 is 11.1 Å². The SMILES string of the molecule is CC1CCC(NC(=O)c2cc(F)cc(F)c2)(C(N)=S)CC1. The third kappa shape index (κ3) is 3.56. The van der Waals surface area contributed by atoms with Crippen molar-refractivity contribution in [1.29, 1.82) is 0 Å². The van der Waals surface area contributed by atoms with Crippen LogP contribution >= 0.6 is 12.2 Å². The van der Waals surface area contributed by atoms with Crippen molar-refractivity contribution in [2.45, 2.75) is 38.1 Å². The van der Waals surface area contributed by atoms with Crippen LogP contribution in [0.1, 0.15) is 43.0 Å². The zero-order valence-electron chi connectivity index (χ0n) is 11.8. The number of hydrogen-bond donors (Lipinski definition) is 2. The molecule has 1 aliphatic rings. The number of carbonyl (C=O) groups excluding carboxylic acids is 1. The molecule has 1 aliphatic carbocycles. The first-order valence-corrected chi connectivity index (χ1v) is 7.32. The Hall–Kier alpha value is -1.56. The number of thiocarbonyl (C=S) groups is 1. The van der Waals surface area contributed by atoms with E-state index in [1.165, 1.54) is 0 Å². The summed E-state index contributed by atoms with van der Waals surface area (Å²) < 4.78 is 26.4. The molecule has 1 saturated carbocycles. The summed E-state index contributed by atoms with van der Waals surface area (Å²) in [5.74, 6) is -1.59. The summed E-state index contributed by atoms with van der Waals surface area (Å²) in [7, 11) is 0. The van der Waals surface area contributed by atoms with Crippen LogP contribution in [0.2, 0.25) is 0 Å². The van der Waals surface area contributed by atoms with E-state index in [4.69, 9.17) is 18.0 Å². The molecule has 0 heterocycles. The average Bonchev–Trinajstić information content (AvgIpc) is 2.40. The molecule has 1 fully saturated rings. The van der Waals surface area contributed by atoms with E-state index in [1.807, 2.05) is 0 Å². The molecule has 6 heteroatoms. The van der Waals surface area contributed by atoms with Gasteiger partial charge in [0.15, 0.2) is 0 Å². The smallest absolute Gasteiger partial charge is 0.252 e. The second-order valence-corrected chi connectivity index (χ2v) is 6.18. The summed E-state index contributed by atoms with van der Waals surface area (Å²) in [4.78, 5) is 12.5. The van der Waals surface area contributed by atoms with E-state index in [0.29, 0.717) is 18.8 Å². The van der Waals surface area contributed by atoms with Crippen molar-refractivity contribution in [3.05, 3.63) is 35.4 Å². The van der Waals surface area contributed by atoms with Crippen molar-refractivity contribution in [1.82, 2.24) is 5.32 Å². The van der Waals surface area contributed by atoms with E-state index in [0.717, 1.165) is 31.0 Å². The lowest BCUT2D eigenvalue weighted by Gasteiger charge is -2.39. The largest absolute Gasteiger partial charge is 0.391 e. The predicted molar refractivity (Wildman–Crippen MR) is 81.0 cm³/mol. The van der Waals surface area contributed by atoms with Crippen LogP contribution in [-0.4, -0.2) is 16.4 Å². The fraction of sp³-hybridized carbons (Fsp3) is 0.467. The Bertz CT molecular complexity index is 549. The Balaban J connectivity index is 2.21. The van der Waals surface area contributed by atoms with Crippen molar-refractivity contribution in [2.24, 2.45) is 11.7 Å². The molecular weight excluding hydrogens is 294 g/mol. The molecule has 1 amide bonds. The number of amides is 1. The van der Waals surface area contributed by atoms with E-state index in [1.54, 1.807) is 0 Å². The van der Waals surface area contributed by atoms with Crippen molar-refractivity contribution >= 4 is 23.1 Å². The fourth-order valence-electron chi connectivity index (χ4n) is 2.66. The highest BCUT2D eigenvalue weighted by atomic mass is 32.1. The van der Waals surface area contributed by atoms with Crippen molar-refractivity contribution < 1.29 is 13.6 Å². The highest BCUT2D eigenvalue weighted by molar-refractivity contribution is 7.80. The molecule has 114 valence electrons. The minimum atomic E-state index is -0.790. The molecule has 0 aromatic heterocycles. The summed E-state index contributed by atoms with van der Waals surface area (Å²) in [6.07, 6.45) is 3.09. The predicted octanol–water partition coefficient (Wildman–Crippen LogP) is 2.93. The molecule has 21 heavy (non-hydrogen) atoms. The second-order valence-electron chi connectivity index (χ2n) is 5.74. The van der Waals surface area contributed by atoms with Gasteiger partial charge in [-0.15, -0.1) is 0 Å². The van der Waals surface area contributed by atoms with Gasteiger partial charge in [-0.2, -0.15) is 0 Å². The van der Waals surface area contributed by atoms with Crippen LogP contribution in [0.3, 0.4) is 0 Å². The van der Waals surface area contributed by atoms with E-state index in [9.17, 15) is 13.6 Å². The molecule has 0 saturated heterocycles. The van der Waals surface area contributed by atoms with Gasteiger partial charge in [0.25, 0.3) is 5.91 Å². The van der Waals surface area contributed by atoms with Gasteiger partial charge in [-0.1, -0.05) is 19.1 Å². The van der Waals surface area contributed by atoms with E-state index >= 15 is 0 Å². The van der Waals surface area contributed by atoms with Crippen LogP contribution in [0, 0.1) is 17.6 Å². The molecule has 2 rings (SSSR count). The summed E-state index contributed by atoms with van der Waals surface area (Å²) in [6, 6.07) is 2.72. The van der Waals surface area contributed by atoms with Crippen LogP contribution in [0.4, 0.5) is 8.78 Å². The second kappa shape index (κ2) is 6.05. The van der Waals surface area contributed by atoms with Crippen LogP contribution in [0.5, 0.6) is 0 Å². The number of rotatable bonds is 3. The molecule has 3 nitrogen and oxygen atoms in total. The first-order valence-electron chi connectivity index (χ1n) is 6.91. The van der Waals surface area contributed by atoms with E-state index in [2.05, 4.69) is 12.2 Å². The zero-order chi connectivity index (χ0) is 15.6. The molecule has 0 unspecified atom stereocenters. The van der Waals surface area contributed by atoms with Crippen LogP contribution in [-0.2, 0) is 0 Å². The van der Waals surface area contributed by atoms with Gasteiger partial charge in [0.05, 0.1) is 10.5 Å². The minimum absolute atomic E-state index is 0.0678. The monoisotopic (exact) mass is 312 g/mol. The van der Waals surface area contributed by atoms with E-state index < -0.39 is 23.1 Å². The quantitative estimate of drug-likeness (QED) is 0.844. The number of halogens is 2. The molecule has 1 aromatic carbocycles. The summed E-state index contributed by atoms with van der Waals surface area (Å²) >= 11 is 5.10. The lowest BCUT2D eigenvalue weighted by molar-refractivity contribution is 0.0899. The summed E-state index contributed by atoms with van der Waals surface area (Å²) in [5.41, 5.74) is 4.97. The Kier molecular flexibility index (Phi) is 4.56. The highest BCUT2D eigenvalue weighted by Gasteiger charge is 2.38. The highest BCUT2D eigenvalue weighted by Crippen LogP contribution is 2.32. The Morgan fingerprint density at radius 3 is 2.29 bits per heavy atom. The van der Waals surface area contributed by atoms with Crippen LogP contribution < -0.4 is 11.1 Å². The third-order valence-electron chi connectivity index (χ3n) is 4.08. The maximum atomic E-state index is 13.2. The summed E-state index contributed by atoms with van der Waals surface area (Å²) in [5, 5.41) is 2.78. The standard InChI is InChI=1S/C15H18F2N2OS/c1-9-2-4-15(5-3-9,14(18)21)19-13(20)10-6-11(16)8-12(17)7-10/h6-9H,2-5H2,1H3,(H2,18,21)(H,19,20). The molecule has 0 spiro atoms. The van der Waals surface area contributed by atoms with Gasteiger partial charge in [-0.3, -0.25) is 4.79 Å². The number of benzene rings is 1. The number of hydrogen-bond acceptors (Lipinski definition) is 2. The fourth-order valence-corrected chi connectivity index (χ4v) is 2.92. The first-order chi connectivity index (χ1) is 9.82. The molecule has 1 aromatic rings. The molecule has 0 aliphatic heterocycles.